The SMILES string of the molecule is CC(=O)N1CCC(N2CCC3(CC[C@@H](NC(=O)N(C)C)c4ccccc43)CC2)CC1. The third-order valence-corrected chi connectivity index (χ3v) is 7.70. The molecule has 2 fully saturated rings. The van der Waals surface area contributed by atoms with Gasteiger partial charge >= 0.3 is 6.03 Å². The fraction of sp³-hybridized carbons (Fsp3) is 0.667. The first-order chi connectivity index (χ1) is 14.4. The van der Waals surface area contributed by atoms with Gasteiger partial charge < -0.3 is 20.0 Å². The standard InChI is InChI=1S/C24H36N4O2/c1-18(29)27-14-9-19(10-15-27)28-16-12-24(13-17-28)11-8-22(25-23(30)26(2)3)20-6-4-5-7-21(20)24/h4-7,19,22H,8-17H2,1-3H3,(H,25,30)/t22-/m1/s1. The first-order valence-corrected chi connectivity index (χ1v) is 11.5. The molecule has 2 aliphatic heterocycles. The van der Waals surface area contributed by atoms with E-state index >= 15 is 0 Å². The summed E-state index contributed by atoms with van der Waals surface area (Å²) in [5.41, 5.74) is 3.00. The van der Waals surface area contributed by atoms with Gasteiger partial charge in [0.1, 0.15) is 0 Å². The second kappa shape index (κ2) is 8.58. The predicted molar refractivity (Wildman–Crippen MR) is 118 cm³/mol. The molecule has 1 aromatic rings. The van der Waals surface area contributed by atoms with Crippen LogP contribution in [0.1, 0.15) is 62.6 Å². The molecule has 6 heteroatoms. The van der Waals surface area contributed by atoms with Gasteiger partial charge in [-0.15, -0.1) is 0 Å². The van der Waals surface area contributed by atoms with Crippen molar-refractivity contribution in [3.8, 4) is 0 Å². The van der Waals surface area contributed by atoms with Crippen molar-refractivity contribution in [1.29, 1.82) is 0 Å². The van der Waals surface area contributed by atoms with E-state index in [0.29, 0.717) is 6.04 Å². The number of nitrogens with one attached hydrogen (secondary N) is 1. The maximum atomic E-state index is 12.3. The second-order valence-corrected chi connectivity index (χ2v) is 9.58. The maximum absolute atomic E-state index is 12.3. The fourth-order valence-corrected chi connectivity index (χ4v) is 5.81. The van der Waals surface area contributed by atoms with E-state index in [1.165, 1.54) is 24.0 Å². The summed E-state index contributed by atoms with van der Waals surface area (Å²) in [6.45, 7) is 5.75. The van der Waals surface area contributed by atoms with Gasteiger partial charge in [-0.2, -0.15) is 0 Å². The molecule has 4 rings (SSSR count). The molecule has 3 aliphatic rings. The number of benzene rings is 1. The second-order valence-electron chi connectivity index (χ2n) is 9.58. The molecule has 1 atom stereocenters. The molecule has 3 amide bonds. The van der Waals surface area contributed by atoms with Gasteiger partial charge in [-0.25, -0.2) is 4.79 Å². The van der Waals surface area contributed by atoms with E-state index in [0.717, 1.165) is 51.9 Å². The van der Waals surface area contributed by atoms with E-state index in [4.69, 9.17) is 0 Å². The lowest BCUT2D eigenvalue weighted by Crippen LogP contribution is -2.52. The number of likely N-dealkylation sites (tertiary alicyclic amines) is 2. The Morgan fingerprint density at radius 3 is 2.30 bits per heavy atom. The van der Waals surface area contributed by atoms with Gasteiger partial charge in [0.15, 0.2) is 0 Å². The molecule has 1 N–H and O–H groups in total. The zero-order valence-electron chi connectivity index (χ0n) is 18.7. The Bertz CT molecular complexity index is 777. The van der Waals surface area contributed by atoms with E-state index in [9.17, 15) is 9.59 Å². The van der Waals surface area contributed by atoms with Crippen LogP contribution in [-0.2, 0) is 10.2 Å². The first-order valence-electron chi connectivity index (χ1n) is 11.5. The average molecular weight is 413 g/mol. The zero-order valence-corrected chi connectivity index (χ0v) is 18.7. The van der Waals surface area contributed by atoms with Crippen LogP contribution >= 0.6 is 0 Å². The van der Waals surface area contributed by atoms with E-state index in [1.807, 2.05) is 4.90 Å². The van der Waals surface area contributed by atoms with Gasteiger partial charge in [-0.3, -0.25) is 4.79 Å². The third kappa shape index (κ3) is 4.07. The minimum Gasteiger partial charge on any atom is -0.343 e. The highest BCUT2D eigenvalue weighted by atomic mass is 16.2. The molecule has 30 heavy (non-hydrogen) atoms. The van der Waals surface area contributed by atoms with Crippen LogP contribution in [0.25, 0.3) is 0 Å². The number of hydrogen-bond donors (Lipinski definition) is 1. The number of nitrogens with zero attached hydrogens (tertiary/aromatic N) is 3. The number of fused-ring (bicyclic) bond motifs is 2. The van der Waals surface area contributed by atoms with Crippen LogP contribution in [0.5, 0.6) is 0 Å². The lowest BCUT2D eigenvalue weighted by Gasteiger charge is -2.49. The molecule has 0 bridgehead atoms. The van der Waals surface area contributed by atoms with Crippen LogP contribution in [0.2, 0.25) is 0 Å². The first kappa shape index (κ1) is 21.2. The molecule has 1 aliphatic carbocycles. The molecule has 2 saturated heterocycles. The number of piperidine rings is 2. The van der Waals surface area contributed by atoms with Gasteiger partial charge in [0.2, 0.25) is 5.91 Å². The lowest BCUT2D eigenvalue weighted by molar-refractivity contribution is -0.130. The quantitative estimate of drug-likeness (QED) is 0.812. The van der Waals surface area contributed by atoms with Crippen molar-refractivity contribution in [3.63, 3.8) is 0 Å². The monoisotopic (exact) mass is 412 g/mol. The highest BCUT2D eigenvalue weighted by Crippen LogP contribution is 2.48. The van der Waals surface area contributed by atoms with Gasteiger partial charge in [-0.1, -0.05) is 24.3 Å². The van der Waals surface area contributed by atoms with Crippen LogP contribution in [0, 0.1) is 0 Å². The van der Waals surface area contributed by atoms with Crippen molar-refractivity contribution >= 4 is 11.9 Å². The lowest BCUT2D eigenvalue weighted by atomic mass is 9.63. The van der Waals surface area contributed by atoms with Crippen molar-refractivity contribution < 1.29 is 9.59 Å². The number of carbonyl (C=O) groups is 2. The number of amides is 3. The average Bonchev–Trinajstić information content (AvgIpc) is 2.76. The number of urea groups is 1. The van der Waals surface area contributed by atoms with Crippen LogP contribution in [0.4, 0.5) is 4.79 Å². The summed E-state index contributed by atoms with van der Waals surface area (Å²) in [6.07, 6.45) is 6.72. The summed E-state index contributed by atoms with van der Waals surface area (Å²) in [6, 6.07) is 9.47. The molecule has 0 saturated carbocycles. The van der Waals surface area contributed by atoms with E-state index in [2.05, 4.69) is 34.5 Å². The smallest absolute Gasteiger partial charge is 0.317 e. The Balaban J connectivity index is 1.43. The maximum Gasteiger partial charge on any atom is 0.317 e. The Kier molecular flexibility index (Phi) is 6.05. The van der Waals surface area contributed by atoms with E-state index < -0.39 is 0 Å². The predicted octanol–water partition coefficient (Wildman–Crippen LogP) is 3.14. The molecular weight excluding hydrogens is 376 g/mol. The Labute approximate surface area is 180 Å². The topological polar surface area (TPSA) is 55.9 Å². The molecule has 164 valence electrons. The molecule has 2 heterocycles. The van der Waals surface area contributed by atoms with E-state index in [1.54, 1.807) is 25.9 Å². The summed E-state index contributed by atoms with van der Waals surface area (Å²) in [7, 11) is 3.59. The molecule has 0 radical (unpaired) electrons. The Morgan fingerprint density at radius 1 is 1.00 bits per heavy atom. The number of rotatable bonds is 2. The summed E-state index contributed by atoms with van der Waals surface area (Å²) in [5.74, 6) is 0.209. The van der Waals surface area contributed by atoms with Gasteiger partial charge in [-0.05, 0) is 68.2 Å². The van der Waals surface area contributed by atoms with Crippen molar-refractivity contribution in [2.75, 3.05) is 40.3 Å². The third-order valence-electron chi connectivity index (χ3n) is 7.70. The van der Waals surface area contributed by atoms with Gasteiger partial charge in [0.05, 0.1) is 6.04 Å². The summed E-state index contributed by atoms with van der Waals surface area (Å²) < 4.78 is 0. The highest BCUT2D eigenvalue weighted by molar-refractivity contribution is 5.74. The molecule has 1 spiro atoms. The van der Waals surface area contributed by atoms with E-state index in [-0.39, 0.29) is 23.4 Å². The van der Waals surface area contributed by atoms with Gasteiger partial charge in [0.25, 0.3) is 0 Å². The fourth-order valence-electron chi connectivity index (χ4n) is 5.81. The van der Waals surface area contributed by atoms with Crippen LogP contribution in [0.15, 0.2) is 24.3 Å². The zero-order chi connectivity index (χ0) is 21.3. The van der Waals surface area contributed by atoms with Crippen molar-refractivity contribution in [2.24, 2.45) is 0 Å². The molecule has 6 nitrogen and oxygen atoms in total. The molecule has 0 unspecified atom stereocenters. The largest absolute Gasteiger partial charge is 0.343 e. The number of hydrogen-bond acceptors (Lipinski definition) is 3. The van der Waals surface area contributed by atoms with Crippen LogP contribution in [0.3, 0.4) is 0 Å². The summed E-state index contributed by atoms with van der Waals surface area (Å²) in [5, 5.41) is 3.21. The van der Waals surface area contributed by atoms with Crippen molar-refractivity contribution in [1.82, 2.24) is 20.0 Å². The Morgan fingerprint density at radius 2 is 1.67 bits per heavy atom. The summed E-state index contributed by atoms with van der Waals surface area (Å²) >= 11 is 0. The minimum atomic E-state index is -0.0162. The van der Waals surface area contributed by atoms with Crippen LogP contribution < -0.4 is 5.32 Å². The molecule has 1 aromatic carbocycles. The van der Waals surface area contributed by atoms with Crippen LogP contribution in [-0.4, -0.2) is 73.0 Å². The normalized spacial score (nSPS) is 24.4. The van der Waals surface area contributed by atoms with Crippen molar-refractivity contribution in [2.45, 2.75) is 62.9 Å². The van der Waals surface area contributed by atoms with Gasteiger partial charge in [0, 0.05) is 40.2 Å². The minimum absolute atomic E-state index is 0.0162. The molecule has 0 aromatic heterocycles. The Hall–Kier alpha value is -2.08. The molecular formula is C24H36N4O2. The van der Waals surface area contributed by atoms with Crippen molar-refractivity contribution in [3.05, 3.63) is 35.4 Å². The highest BCUT2D eigenvalue weighted by Gasteiger charge is 2.43. The number of carbonyl (C=O) groups excluding carboxylic acids is 2. The summed E-state index contributed by atoms with van der Waals surface area (Å²) in [4.78, 5) is 30.1.